The van der Waals surface area contributed by atoms with Gasteiger partial charge in [-0.1, -0.05) is 40.3 Å². The molecule has 1 amide bonds. The second-order valence-electron chi connectivity index (χ2n) is 5.70. The average molecular weight is 449 g/mol. The van der Waals surface area contributed by atoms with Crippen LogP contribution in [0.1, 0.15) is 17.0 Å². The zero-order chi connectivity index (χ0) is 18.8. The number of carbonyl (C=O) groups is 1. The van der Waals surface area contributed by atoms with Gasteiger partial charge in [-0.2, -0.15) is 5.01 Å². The van der Waals surface area contributed by atoms with Crippen LogP contribution in [0.5, 0.6) is 5.75 Å². The number of halogens is 1. The minimum Gasteiger partial charge on any atom is -0.489 e. The van der Waals surface area contributed by atoms with E-state index in [0.29, 0.717) is 21.6 Å². The lowest BCUT2D eigenvalue weighted by atomic mass is 10.2. The Kier molecular flexibility index (Phi) is 5.70. The van der Waals surface area contributed by atoms with E-state index >= 15 is 0 Å². The largest absolute Gasteiger partial charge is 0.489 e. The molecule has 3 rings (SSSR count). The molecule has 1 aromatic heterocycles. The van der Waals surface area contributed by atoms with Crippen LogP contribution < -0.4 is 9.75 Å². The van der Waals surface area contributed by atoms with E-state index in [4.69, 9.17) is 17.0 Å². The van der Waals surface area contributed by atoms with Gasteiger partial charge in [0, 0.05) is 21.4 Å². The Morgan fingerprint density at radius 2 is 1.96 bits per heavy atom. The zero-order valence-electron chi connectivity index (χ0n) is 14.4. The van der Waals surface area contributed by atoms with Crippen molar-refractivity contribution >= 4 is 56.2 Å². The van der Waals surface area contributed by atoms with Gasteiger partial charge in [-0.25, -0.2) is 0 Å². The summed E-state index contributed by atoms with van der Waals surface area (Å²) in [4.78, 5) is 13.6. The van der Waals surface area contributed by atoms with Gasteiger partial charge in [0.1, 0.15) is 12.4 Å². The summed E-state index contributed by atoms with van der Waals surface area (Å²) in [5, 5.41) is 1.54. The third-order valence-electron chi connectivity index (χ3n) is 3.82. The van der Waals surface area contributed by atoms with Gasteiger partial charge in [-0.15, -0.1) is 0 Å². The number of benzene rings is 1. The standard InChI is InChI=1S/C19H17BrN2O2S2/c1-4-9-24-16-8-7-15(20)10-14(16)11-17-18(23)22(19(25)26-17)21-12(2)5-6-13(21)3/h4-8,10-11H,1,9H2,2-3H3/b17-11+. The highest BCUT2D eigenvalue weighted by Gasteiger charge is 2.34. The number of rotatable bonds is 5. The number of hydrogen-bond acceptors (Lipinski definition) is 4. The highest BCUT2D eigenvalue weighted by atomic mass is 79.9. The van der Waals surface area contributed by atoms with Crippen LogP contribution in [0.25, 0.3) is 6.08 Å². The summed E-state index contributed by atoms with van der Waals surface area (Å²) in [6, 6.07) is 9.60. The zero-order valence-corrected chi connectivity index (χ0v) is 17.6. The molecular weight excluding hydrogens is 432 g/mol. The molecule has 0 aliphatic carbocycles. The first-order valence-electron chi connectivity index (χ1n) is 7.89. The Labute approximate surface area is 170 Å². The topological polar surface area (TPSA) is 34.5 Å². The monoisotopic (exact) mass is 448 g/mol. The molecule has 4 nitrogen and oxygen atoms in total. The quantitative estimate of drug-likeness (QED) is 0.367. The minimum atomic E-state index is -0.142. The van der Waals surface area contributed by atoms with Gasteiger partial charge in [0.25, 0.3) is 5.91 Å². The maximum Gasteiger partial charge on any atom is 0.285 e. The summed E-state index contributed by atoms with van der Waals surface area (Å²) in [6.45, 7) is 7.96. The molecule has 1 aliphatic rings. The van der Waals surface area contributed by atoms with Gasteiger partial charge >= 0.3 is 0 Å². The molecule has 1 aliphatic heterocycles. The number of aromatic nitrogens is 1. The summed E-state index contributed by atoms with van der Waals surface area (Å²) >= 11 is 10.2. The molecule has 7 heteroatoms. The van der Waals surface area contributed by atoms with E-state index in [1.807, 2.05) is 54.9 Å². The Balaban J connectivity index is 1.99. The third-order valence-corrected chi connectivity index (χ3v) is 5.60. The summed E-state index contributed by atoms with van der Waals surface area (Å²) in [5.41, 5.74) is 2.72. The molecule has 1 aromatic carbocycles. The number of thioether (sulfide) groups is 1. The molecule has 0 radical (unpaired) electrons. The van der Waals surface area contributed by atoms with Gasteiger partial charge in [-0.3, -0.25) is 9.47 Å². The second kappa shape index (κ2) is 7.82. The summed E-state index contributed by atoms with van der Waals surface area (Å²) in [6.07, 6.45) is 3.50. The molecule has 0 saturated carbocycles. The normalized spacial score (nSPS) is 15.8. The third kappa shape index (κ3) is 3.65. The van der Waals surface area contributed by atoms with Crippen molar-refractivity contribution in [1.29, 1.82) is 0 Å². The number of nitrogens with zero attached hydrogens (tertiary/aromatic N) is 2. The molecule has 1 saturated heterocycles. The number of amides is 1. The van der Waals surface area contributed by atoms with E-state index in [1.54, 1.807) is 11.1 Å². The van der Waals surface area contributed by atoms with E-state index in [0.717, 1.165) is 21.4 Å². The van der Waals surface area contributed by atoms with E-state index < -0.39 is 0 Å². The molecule has 2 heterocycles. The maximum absolute atomic E-state index is 13.0. The van der Waals surface area contributed by atoms with Crippen molar-refractivity contribution < 1.29 is 9.53 Å². The van der Waals surface area contributed by atoms with Gasteiger partial charge in [-0.05, 0) is 62.5 Å². The molecule has 1 fully saturated rings. The van der Waals surface area contributed by atoms with Crippen molar-refractivity contribution in [3.05, 3.63) is 69.3 Å². The highest BCUT2D eigenvalue weighted by molar-refractivity contribution is 9.10. The number of ether oxygens (including phenoxy) is 1. The molecule has 0 unspecified atom stereocenters. The van der Waals surface area contributed by atoms with Crippen LogP contribution in [0, 0.1) is 13.8 Å². The minimum absolute atomic E-state index is 0.142. The SMILES string of the molecule is C=CCOc1ccc(Br)cc1/C=C1/SC(=S)N(n2c(C)ccc2C)C1=O. The van der Waals surface area contributed by atoms with Crippen LogP contribution >= 0.6 is 39.9 Å². The highest BCUT2D eigenvalue weighted by Crippen LogP contribution is 2.35. The van der Waals surface area contributed by atoms with Crippen molar-refractivity contribution in [2.24, 2.45) is 0 Å². The Morgan fingerprint density at radius 3 is 2.62 bits per heavy atom. The Morgan fingerprint density at radius 1 is 1.27 bits per heavy atom. The van der Waals surface area contributed by atoms with E-state index in [2.05, 4.69) is 22.5 Å². The second-order valence-corrected chi connectivity index (χ2v) is 8.29. The number of thiocarbonyl (C=S) groups is 1. The smallest absolute Gasteiger partial charge is 0.285 e. The number of hydrogen-bond donors (Lipinski definition) is 0. The lowest BCUT2D eigenvalue weighted by Crippen LogP contribution is -2.39. The van der Waals surface area contributed by atoms with Crippen molar-refractivity contribution in [2.75, 3.05) is 11.6 Å². The molecule has 2 aromatic rings. The average Bonchev–Trinajstić information content (AvgIpc) is 3.06. The Bertz CT molecular complexity index is 914. The summed E-state index contributed by atoms with van der Waals surface area (Å²) in [5.74, 6) is 0.545. The first-order chi connectivity index (χ1) is 12.4. The van der Waals surface area contributed by atoms with E-state index in [9.17, 15) is 4.79 Å². The predicted octanol–water partition coefficient (Wildman–Crippen LogP) is 4.97. The number of carbonyl (C=O) groups excluding carboxylic acids is 1. The van der Waals surface area contributed by atoms with Crippen molar-refractivity contribution in [2.45, 2.75) is 13.8 Å². The van der Waals surface area contributed by atoms with Crippen LogP contribution in [0.2, 0.25) is 0 Å². The molecule has 0 spiro atoms. The molecule has 0 atom stereocenters. The van der Waals surface area contributed by atoms with E-state index in [1.165, 1.54) is 11.8 Å². The predicted molar refractivity (Wildman–Crippen MR) is 115 cm³/mol. The van der Waals surface area contributed by atoms with Crippen LogP contribution in [-0.2, 0) is 4.79 Å². The fourth-order valence-electron chi connectivity index (χ4n) is 2.66. The lowest BCUT2D eigenvalue weighted by Gasteiger charge is -2.20. The molecule has 26 heavy (non-hydrogen) atoms. The van der Waals surface area contributed by atoms with Gasteiger partial charge in [0.2, 0.25) is 0 Å². The summed E-state index contributed by atoms with van der Waals surface area (Å²) in [7, 11) is 0. The number of aryl methyl sites for hydroxylation is 2. The first-order valence-corrected chi connectivity index (χ1v) is 9.90. The lowest BCUT2D eigenvalue weighted by molar-refractivity contribution is -0.114. The summed E-state index contributed by atoms with van der Waals surface area (Å²) < 4.78 is 8.95. The molecule has 134 valence electrons. The van der Waals surface area contributed by atoms with Crippen LogP contribution in [-0.4, -0.2) is 21.5 Å². The molecular formula is C19H17BrN2O2S2. The van der Waals surface area contributed by atoms with Crippen molar-refractivity contribution in [3.8, 4) is 5.75 Å². The van der Waals surface area contributed by atoms with Crippen molar-refractivity contribution in [1.82, 2.24) is 4.68 Å². The maximum atomic E-state index is 13.0. The first kappa shape index (κ1) is 18.9. The Hall–Kier alpha value is -1.83. The van der Waals surface area contributed by atoms with Gasteiger partial charge in [0.05, 0.1) is 4.91 Å². The fraction of sp³-hybridized carbons (Fsp3) is 0.158. The molecule has 0 N–H and O–H groups in total. The van der Waals surface area contributed by atoms with Crippen molar-refractivity contribution in [3.63, 3.8) is 0 Å². The van der Waals surface area contributed by atoms with Crippen LogP contribution in [0.3, 0.4) is 0 Å². The van der Waals surface area contributed by atoms with Gasteiger partial charge in [0.15, 0.2) is 4.32 Å². The van der Waals surface area contributed by atoms with Gasteiger partial charge < -0.3 is 4.74 Å². The van der Waals surface area contributed by atoms with Crippen LogP contribution in [0.15, 0.2) is 52.4 Å². The van der Waals surface area contributed by atoms with E-state index in [-0.39, 0.29) is 5.91 Å². The fourth-order valence-corrected chi connectivity index (χ4v) is 4.27. The molecule has 0 bridgehead atoms. The van der Waals surface area contributed by atoms with Crippen LogP contribution in [0.4, 0.5) is 0 Å².